The fourth-order valence-corrected chi connectivity index (χ4v) is 1.96. The summed E-state index contributed by atoms with van der Waals surface area (Å²) in [5.74, 6) is -3.57. The van der Waals surface area contributed by atoms with E-state index in [1.807, 2.05) is 0 Å². The Morgan fingerprint density at radius 1 is 1.56 bits per heavy atom. The molecule has 0 aliphatic heterocycles. The molecule has 1 rings (SSSR count). The van der Waals surface area contributed by atoms with Crippen LogP contribution >= 0.6 is 27.5 Å². The van der Waals surface area contributed by atoms with Crippen LogP contribution < -0.4 is 5.32 Å². The van der Waals surface area contributed by atoms with Crippen molar-refractivity contribution in [2.75, 3.05) is 6.54 Å². The molecule has 0 spiro atoms. The standard InChI is InChI=1S/C10H9BrClF2NO/c1-10(13,14)5-15-9(16)8-6(11)3-2-4-7(8)12/h2-4H,5H2,1H3,(H,15,16). The maximum Gasteiger partial charge on any atom is 0.262 e. The van der Waals surface area contributed by atoms with E-state index in [1.165, 1.54) is 6.07 Å². The highest BCUT2D eigenvalue weighted by Crippen LogP contribution is 2.24. The summed E-state index contributed by atoms with van der Waals surface area (Å²) >= 11 is 8.93. The molecule has 0 radical (unpaired) electrons. The molecule has 1 N–H and O–H groups in total. The highest BCUT2D eigenvalue weighted by atomic mass is 79.9. The number of alkyl halides is 2. The second-order valence-electron chi connectivity index (χ2n) is 3.35. The fourth-order valence-electron chi connectivity index (χ4n) is 1.04. The van der Waals surface area contributed by atoms with E-state index in [9.17, 15) is 13.6 Å². The zero-order valence-corrected chi connectivity index (χ0v) is 10.7. The van der Waals surface area contributed by atoms with Gasteiger partial charge < -0.3 is 5.32 Å². The Morgan fingerprint density at radius 2 is 2.19 bits per heavy atom. The van der Waals surface area contributed by atoms with Crippen LogP contribution in [0.25, 0.3) is 0 Å². The second-order valence-corrected chi connectivity index (χ2v) is 4.61. The van der Waals surface area contributed by atoms with Crippen molar-refractivity contribution in [2.45, 2.75) is 12.8 Å². The molecule has 6 heteroatoms. The molecule has 0 aliphatic rings. The minimum absolute atomic E-state index is 0.161. The highest BCUT2D eigenvalue weighted by molar-refractivity contribution is 9.10. The Morgan fingerprint density at radius 3 is 2.69 bits per heavy atom. The molecule has 0 bridgehead atoms. The first kappa shape index (κ1) is 13.4. The first-order valence-electron chi connectivity index (χ1n) is 4.41. The number of nitrogens with one attached hydrogen (secondary N) is 1. The molecule has 1 amide bonds. The van der Waals surface area contributed by atoms with E-state index >= 15 is 0 Å². The van der Waals surface area contributed by atoms with Gasteiger partial charge in [-0.1, -0.05) is 17.7 Å². The van der Waals surface area contributed by atoms with Gasteiger partial charge in [0.15, 0.2) is 0 Å². The van der Waals surface area contributed by atoms with Crippen LogP contribution in [0.4, 0.5) is 8.78 Å². The van der Waals surface area contributed by atoms with Gasteiger partial charge in [-0.15, -0.1) is 0 Å². The van der Waals surface area contributed by atoms with Crippen LogP contribution in [0.2, 0.25) is 5.02 Å². The maximum absolute atomic E-state index is 12.5. The third-order valence-corrected chi connectivity index (χ3v) is 2.72. The van der Waals surface area contributed by atoms with Gasteiger partial charge in [-0.05, 0) is 28.1 Å². The van der Waals surface area contributed by atoms with Gasteiger partial charge in [0.2, 0.25) is 0 Å². The predicted molar refractivity (Wildman–Crippen MR) is 62.1 cm³/mol. The minimum atomic E-state index is -2.94. The van der Waals surface area contributed by atoms with Crippen molar-refractivity contribution in [3.8, 4) is 0 Å². The Bertz CT molecular complexity index is 386. The first-order valence-corrected chi connectivity index (χ1v) is 5.58. The molecule has 0 atom stereocenters. The summed E-state index contributed by atoms with van der Waals surface area (Å²) in [5.41, 5.74) is 0.161. The summed E-state index contributed by atoms with van der Waals surface area (Å²) in [7, 11) is 0. The number of benzene rings is 1. The number of hydrogen-bond acceptors (Lipinski definition) is 1. The van der Waals surface area contributed by atoms with Crippen LogP contribution in [0.15, 0.2) is 22.7 Å². The monoisotopic (exact) mass is 311 g/mol. The molecule has 0 saturated heterocycles. The third-order valence-electron chi connectivity index (χ3n) is 1.75. The molecule has 2 nitrogen and oxygen atoms in total. The second kappa shape index (κ2) is 5.10. The molecule has 0 unspecified atom stereocenters. The number of hydrogen-bond donors (Lipinski definition) is 1. The lowest BCUT2D eigenvalue weighted by atomic mass is 10.2. The maximum atomic E-state index is 12.5. The number of amides is 1. The van der Waals surface area contributed by atoms with Crippen LogP contribution in [0.1, 0.15) is 17.3 Å². The van der Waals surface area contributed by atoms with E-state index in [4.69, 9.17) is 11.6 Å². The van der Waals surface area contributed by atoms with E-state index in [0.29, 0.717) is 4.47 Å². The molecule has 88 valence electrons. The van der Waals surface area contributed by atoms with Gasteiger partial charge in [0, 0.05) is 11.4 Å². The SMILES string of the molecule is CC(F)(F)CNC(=O)c1c(Cl)cccc1Br. The van der Waals surface area contributed by atoms with Crippen molar-refractivity contribution in [3.05, 3.63) is 33.3 Å². The molecule has 0 saturated carbocycles. The zero-order valence-electron chi connectivity index (χ0n) is 8.36. The zero-order chi connectivity index (χ0) is 12.3. The predicted octanol–water partition coefficient (Wildman–Crippen LogP) is 3.49. The van der Waals surface area contributed by atoms with Gasteiger partial charge in [0.1, 0.15) is 0 Å². The van der Waals surface area contributed by atoms with Crippen LogP contribution in [0.5, 0.6) is 0 Å². The Kier molecular flexibility index (Phi) is 4.27. The Hall–Kier alpha value is -0.680. The van der Waals surface area contributed by atoms with Crippen LogP contribution in [0, 0.1) is 0 Å². The van der Waals surface area contributed by atoms with E-state index < -0.39 is 18.4 Å². The number of rotatable bonds is 3. The molecule has 1 aromatic rings. The summed E-state index contributed by atoms with van der Waals surface area (Å²) < 4.78 is 25.5. The fraction of sp³-hybridized carbons (Fsp3) is 0.300. The van der Waals surface area contributed by atoms with Crippen molar-refractivity contribution >= 4 is 33.4 Å². The van der Waals surface area contributed by atoms with Gasteiger partial charge in [-0.3, -0.25) is 4.79 Å². The molecular weight excluding hydrogens is 303 g/mol. The number of halogens is 4. The third kappa shape index (κ3) is 3.72. The average Bonchev–Trinajstić information content (AvgIpc) is 2.13. The van der Waals surface area contributed by atoms with Gasteiger partial charge in [0.25, 0.3) is 11.8 Å². The lowest BCUT2D eigenvalue weighted by molar-refractivity contribution is 0.0221. The molecule has 0 aliphatic carbocycles. The minimum Gasteiger partial charge on any atom is -0.346 e. The lowest BCUT2D eigenvalue weighted by Crippen LogP contribution is -2.34. The Balaban J connectivity index is 2.81. The van der Waals surface area contributed by atoms with Crippen molar-refractivity contribution < 1.29 is 13.6 Å². The molecule has 0 aromatic heterocycles. The van der Waals surface area contributed by atoms with Crippen molar-refractivity contribution in [1.82, 2.24) is 5.32 Å². The van der Waals surface area contributed by atoms with E-state index in [1.54, 1.807) is 12.1 Å². The summed E-state index contributed by atoms with van der Waals surface area (Å²) in [5, 5.41) is 2.33. The quantitative estimate of drug-likeness (QED) is 0.909. The van der Waals surface area contributed by atoms with Crippen molar-refractivity contribution in [2.24, 2.45) is 0 Å². The lowest BCUT2D eigenvalue weighted by Gasteiger charge is -2.12. The topological polar surface area (TPSA) is 29.1 Å². The summed E-state index contributed by atoms with van der Waals surface area (Å²) in [6.45, 7) is 0.0123. The van der Waals surface area contributed by atoms with Gasteiger partial charge >= 0.3 is 0 Å². The first-order chi connectivity index (χ1) is 7.31. The number of carbonyl (C=O) groups is 1. The van der Waals surface area contributed by atoms with E-state index in [-0.39, 0.29) is 10.6 Å². The van der Waals surface area contributed by atoms with Crippen molar-refractivity contribution in [3.63, 3.8) is 0 Å². The van der Waals surface area contributed by atoms with Crippen molar-refractivity contribution in [1.29, 1.82) is 0 Å². The molecular formula is C10H9BrClF2NO. The number of carbonyl (C=O) groups excluding carboxylic acids is 1. The average molecular weight is 313 g/mol. The molecule has 0 fully saturated rings. The highest BCUT2D eigenvalue weighted by Gasteiger charge is 2.23. The molecule has 16 heavy (non-hydrogen) atoms. The Labute approximate surface area is 105 Å². The smallest absolute Gasteiger partial charge is 0.262 e. The van der Waals surface area contributed by atoms with Crippen LogP contribution in [-0.4, -0.2) is 18.4 Å². The summed E-state index contributed by atoms with van der Waals surface area (Å²) in [4.78, 5) is 11.6. The molecule has 1 aromatic carbocycles. The van der Waals surface area contributed by atoms with Gasteiger partial charge in [-0.25, -0.2) is 8.78 Å². The normalized spacial score (nSPS) is 11.3. The largest absolute Gasteiger partial charge is 0.346 e. The van der Waals surface area contributed by atoms with E-state index in [0.717, 1.165) is 6.92 Å². The molecule has 0 heterocycles. The van der Waals surface area contributed by atoms with Crippen LogP contribution in [-0.2, 0) is 0 Å². The van der Waals surface area contributed by atoms with Gasteiger partial charge in [0.05, 0.1) is 17.1 Å². The van der Waals surface area contributed by atoms with Crippen LogP contribution in [0.3, 0.4) is 0 Å². The van der Waals surface area contributed by atoms with E-state index in [2.05, 4.69) is 21.2 Å². The summed E-state index contributed by atoms with van der Waals surface area (Å²) in [6, 6.07) is 4.79. The van der Waals surface area contributed by atoms with Gasteiger partial charge in [-0.2, -0.15) is 0 Å². The summed E-state index contributed by atoms with van der Waals surface area (Å²) in [6.07, 6.45) is 0.